The number of aromatic nitrogens is 4. The van der Waals surface area contributed by atoms with E-state index in [0.29, 0.717) is 24.8 Å². The molecule has 4 rings (SSSR count). The van der Waals surface area contributed by atoms with Crippen molar-refractivity contribution in [2.75, 3.05) is 13.2 Å². The summed E-state index contributed by atoms with van der Waals surface area (Å²) in [5.41, 5.74) is 2.56. The van der Waals surface area contributed by atoms with Crippen molar-refractivity contribution in [3.05, 3.63) is 23.6 Å². The van der Waals surface area contributed by atoms with Crippen LogP contribution in [0.4, 0.5) is 0 Å². The number of hydrogen-bond acceptors (Lipinski definition) is 6. The molecule has 1 fully saturated rings. The number of aryl methyl sites for hydroxylation is 1. The van der Waals surface area contributed by atoms with Gasteiger partial charge in [-0.3, -0.25) is 4.79 Å². The smallest absolute Gasteiger partial charge is 0.240 e. The van der Waals surface area contributed by atoms with Crippen LogP contribution in [-0.4, -0.2) is 38.6 Å². The zero-order valence-electron chi connectivity index (χ0n) is 16.7. The monoisotopic (exact) mass is 399 g/mol. The number of pyridine rings is 1. The van der Waals surface area contributed by atoms with Crippen molar-refractivity contribution in [2.24, 2.45) is 13.0 Å². The first-order valence-corrected chi connectivity index (χ1v) is 10.3. The number of thiazole rings is 1. The predicted octanol–water partition coefficient (Wildman–Crippen LogP) is 3.29. The third kappa shape index (κ3) is 3.73. The van der Waals surface area contributed by atoms with Gasteiger partial charge in [0.05, 0.1) is 34.0 Å². The Kier molecular flexibility index (Phi) is 4.82. The molecule has 0 aromatic carbocycles. The minimum Gasteiger partial charge on any atom is -0.476 e. The zero-order valence-corrected chi connectivity index (χ0v) is 17.5. The Morgan fingerprint density at radius 2 is 2.18 bits per heavy atom. The SMILES string of the molecule is Cn1cnc2cc(-c3cnc(C(C)(C)C)s3)nc(OCC[C@H]3CNC(=O)C3)c21. The molecule has 0 aliphatic carbocycles. The van der Waals surface area contributed by atoms with Gasteiger partial charge in [-0.25, -0.2) is 15.0 Å². The highest BCUT2D eigenvalue weighted by Gasteiger charge is 2.22. The summed E-state index contributed by atoms with van der Waals surface area (Å²) >= 11 is 1.65. The van der Waals surface area contributed by atoms with E-state index in [1.807, 2.05) is 23.9 Å². The number of nitrogens with one attached hydrogen (secondary N) is 1. The molecule has 1 amide bonds. The molecule has 0 radical (unpaired) electrons. The number of imidazole rings is 1. The van der Waals surface area contributed by atoms with Gasteiger partial charge in [0.2, 0.25) is 11.8 Å². The van der Waals surface area contributed by atoms with Crippen molar-refractivity contribution in [1.82, 2.24) is 24.8 Å². The van der Waals surface area contributed by atoms with Gasteiger partial charge in [-0.15, -0.1) is 11.3 Å². The number of carbonyl (C=O) groups is 1. The fourth-order valence-corrected chi connectivity index (χ4v) is 4.23. The molecule has 0 spiro atoms. The summed E-state index contributed by atoms with van der Waals surface area (Å²) in [5.74, 6) is 1.03. The van der Waals surface area contributed by atoms with Gasteiger partial charge in [0.25, 0.3) is 0 Å². The Hall–Kier alpha value is -2.48. The highest BCUT2D eigenvalue weighted by atomic mass is 32.1. The molecule has 0 bridgehead atoms. The van der Waals surface area contributed by atoms with Gasteiger partial charge in [0, 0.05) is 31.6 Å². The van der Waals surface area contributed by atoms with Gasteiger partial charge in [-0.2, -0.15) is 0 Å². The van der Waals surface area contributed by atoms with Gasteiger partial charge < -0.3 is 14.6 Å². The molecule has 1 atom stereocenters. The first-order valence-electron chi connectivity index (χ1n) is 9.49. The van der Waals surface area contributed by atoms with Gasteiger partial charge in [-0.1, -0.05) is 20.8 Å². The average Bonchev–Trinajstić information content (AvgIpc) is 3.35. The molecule has 8 heteroatoms. The van der Waals surface area contributed by atoms with Crippen LogP contribution in [0, 0.1) is 5.92 Å². The second-order valence-electron chi connectivity index (χ2n) is 8.33. The Labute approximate surface area is 168 Å². The van der Waals surface area contributed by atoms with Crippen molar-refractivity contribution >= 4 is 28.3 Å². The largest absolute Gasteiger partial charge is 0.476 e. The Balaban J connectivity index is 1.60. The number of amides is 1. The van der Waals surface area contributed by atoms with Gasteiger partial charge >= 0.3 is 0 Å². The Morgan fingerprint density at radius 1 is 1.36 bits per heavy atom. The Bertz CT molecular complexity index is 1020. The molecule has 3 aromatic rings. The minimum absolute atomic E-state index is 0.00406. The molecule has 148 valence electrons. The lowest BCUT2D eigenvalue weighted by Gasteiger charge is -2.13. The summed E-state index contributed by atoms with van der Waals surface area (Å²) in [6.45, 7) is 7.71. The zero-order chi connectivity index (χ0) is 19.9. The summed E-state index contributed by atoms with van der Waals surface area (Å²) in [6, 6.07) is 1.99. The molecule has 1 aliphatic rings. The second-order valence-corrected chi connectivity index (χ2v) is 9.36. The lowest BCUT2D eigenvalue weighted by Crippen LogP contribution is -2.14. The molecular formula is C20H25N5O2S. The molecule has 0 unspecified atom stereocenters. The number of nitrogens with zero attached hydrogens (tertiary/aromatic N) is 4. The number of fused-ring (bicyclic) bond motifs is 1. The van der Waals surface area contributed by atoms with E-state index in [-0.39, 0.29) is 11.3 Å². The number of hydrogen-bond donors (Lipinski definition) is 1. The van der Waals surface area contributed by atoms with Gasteiger partial charge in [0.1, 0.15) is 5.52 Å². The molecule has 1 saturated heterocycles. The fourth-order valence-electron chi connectivity index (χ4n) is 3.30. The standard InChI is InChI=1S/C20H25N5O2S/c1-20(2,3)19-22-10-15(28-19)13-8-14-17(25(4)11-23-14)18(24-13)27-6-5-12-7-16(26)21-9-12/h8,10-12H,5-7,9H2,1-4H3,(H,21,26)/t12-/m1/s1. The normalized spacial score (nSPS) is 17.3. The fraction of sp³-hybridized carbons (Fsp3) is 0.500. The first kappa shape index (κ1) is 18.9. The maximum Gasteiger partial charge on any atom is 0.240 e. The van der Waals surface area contributed by atoms with Crippen LogP contribution in [-0.2, 0) is 17.3 Å². The van der Waals surface area contributed by atoms with Crippen molar-refractivity contribution in [3.8, 4) is 16.5 Å². The van der Waals surface area contributed by atoms with Crippen molar-refractivity contribution in [1.29, 1.82) is 0 Å². The third-order valence-corrected chi connectivity index (χ3v) is 6.34. The molecule has 1 N–H and O–H groups in total. The van der Waals surface area contributed by atoms with Gasteiger partial charge in [0.15, 0.2) is 0 Å². The van der Waals surface area contributed by atoms with E-state index >= 15 is 0 Å². The van der Waals surface area contributed by atoms with Crippen molar-refractivity contribution in [2.45, 2.75) is 39.0 Å². The van der Waals surface area contributed by atoms with Crippen LogP contribution in [0.1, 0.15) is 38.6 Å². The molecular weight excluding hydrogens is 374 g/mol. The molecule has 7 nitrogen and oxygen atoms in total. The average molecular weight is 400 g/mol. The first-order chi connectivity index (χ1) is 13.3. The van der Waals surface area contributed by atoms with Gasteiger partial charge in [-0.05, 0) is 18.4 Å². The van der Waals surface area contributed by atoms with Crippen LogP contribution < -0.4 is 10.1 Å². The topological polar surface area (TPSA) is 81.9 Å². The number of ether oxygens (including phenoxy) is 1. The van der Waals surface area contributed by atoms with Crippen LogP contribution in [0.15, 0.2) is 18.6 Å². The maximum atomic E-state index is 11.4. The highest BCUT2D eigenvalue weighted by Crippen LogP contribution is 2.35. The second kappa shape index (κ2) is 7.16. The van der Waals surface area contributed by atoms with E-state index in [1.165, 1.54) is 0 Å². The summed E-state index contributed by atoms with van der Waals surface area (Å²) in [4.78, 5) is 26.2. The molecule has 3 aromatic heterocycles. The molecule has 4 heterocycles. The molecule has 0 saturated carbocycles. The van der Waals surface area contributed by atoms with Crippen LogP contribution in [0.25, 0.3) is 21.6 Å². The minimum atomic E-state index is 0.00406. The summed E-state index contributed by atoms with van der Waals surface area (Å²) in [5, 5.41) is 3.94. The number of rotatable bonds is 5. The van der Waals surface area contributed by atoms with E-state index in [2.05, 4.69) is 36.1 Å². The Morgan fingerprint density at radius 3 is 2.86 bits per heavy atom. The molecule has 1 aliphatic heterocycles. The van der Waals surface area contributed by atoms with Crippen LogP contribution in [0.3, 0.4) is 0 Å². The third-order valence-electron chi connectivity index (χ3n) is 4.89. The van der Waals surface area contributed by atoms with E-state index < -0.39 is 0 Å². The van der Waals surface area contributed by atoms with Crippen LogP contribution in [0.2, 0.25) is 0 Å². The summed E-state index contributed by atoms with van der Waals surface area (Å²) in [6.07, 6.45) is 5.05. The molecule has 28 heavy (non-hydrogen) atoms. The van der Waals surface area contributed by atoms with E-state index in [4.69, 9.17) is 9.72 Å². The number of carbonyl (C=O) groups excluding carboxylic acids is 1. The van der Waals surface area contributed by atoms with Crippen molar-refractivity contribution in [3.63, 3.8) is 0 Å². The van der Waals surface area contributed by atoms with E-state index in [1.54, 1.807) is 17.7 Å². The maximum absolute atomic E-state index is 11.4. The highest BCUT2D eigenvalue weighted by molar-refractivity contribution is 7.15. The quantitative estimate of drug-likeness (QED) is 0.712. The van der Waals surface area contributed by atoms with Crippen LogP contribution >= 0.6 is 11.3 Å². The van der Waals surface area contributed by atoms with Crippen LogP contribution in [0.5, 0.6) is 5.88 Å². The summed E-state index contributed by atoms with van der Waals surface area (Å²) < 4.78 is 7.99. The predicted molar refractivity (Wildman–Crippen MR) is 110 cm³/mol. The van der Waals surface area contributed by atoms with Crippen molar-refractivity contribution < 1.29 is 9.53 Å². The summed E-state index contributed by atoms with van der Waals surface area (Å²) in [7, 11) is 1.94. The van der Waals surface area contributed by atoms with E-state index in [0.717, 1.165) is 39.6 Å². The van der Waals surface area contributed by atoms with E-state index in [9.17, 15) is 4.79 Å². The lowest BCUT2D eigenvalue weighted by molar-refractivity contribution is -0.119. The lowest BCUT2D eigenvalue weighted by atomic mass is 9.98.